The zero-order valence-electron chi connectivity index (χ0n) is 31.3. The molecular formula is C42H45N3O8Si. The maximum Gasteiger partial charge on any atom is 0.297 e. The third-order valence-corrected chi connectivity index (χ3v) is 15.7. The number of nitrogens with zero attached hydrogens (tertiary/aromatic N) is 3. The summed E-state index contributed by atoms with van der Waals surface area (Å²) in [5, 5.41) is 11.5. The molecule has 2 aromatic heterocycles. The highest BCUT2D eigenvalue weighted by molar-refractivity contribution is 6.91. The summed E-state index contributed by atoms with van der Waals surface area (Å²) >= 11 is 0. The van der Waals surface area contributed by atoms with E-state index in [2.05, 4.69) is 32.2 Å². The molecule has 1 N–H and O–H groups in total. The maximum atomic E-state index is 15.3. The minimum Gasteiger partial charge on any atom is -0.497 e. The summed E-state index contributed by atoms with van der Waals surface area (Å²) in [4.78, 5) is 43.7. The zero-order chi connectivity index (χ0) is 38.4. The van der Waals surface area contributed by atoms with Gasteiger partial charge < -0.3 is 29.0 Å². The first-order valence-electron chi connectivity index (χ1n) is 18.0. The van der Waals surface area contributed by atoms with Gasteiger partial charge in [-0.25, -0.2) is 0 Å². The van der Waals surface area contributed by atoms with Crippen molar-refractivity contribution in [1.29, 1.82) is 0 Å². The fourth-order valence-corrected chi connectivity index (χ4v) is 12.7. The monoisotopic (exact) mass is 747 g/mol. The highest BCUT2D eigenvalue weighted by atomic mass is 28.3. The minimum atomic E-state index is -2.42. The van der Waals surface area contributed by atoms with E-state index >= 15 is 4.79 Å². The zero-order valence-corrected chi connectivity index (χ0v) is 32.3. The highest BCUT2D eigenvalue weighted by Gasteiger charge is 2.66. The number of carbonyl (C=O) groups excluding carboxylic acids is 1. The van der Waals surface area contributed by atoms with Crippen molar-refractivity contribution < 1.29 is 28.8 Å². The molecule has 1 amide bonds. The molecule has 4 atom stereocenters. The molecule has 7 rings (SSSR count). The van der Waals surface area contributed by atoms with Gasteiger partial charge in [0.15, 0.2) is 17.1 Å². The van der Waals surface area contributed by atoms with Crippen molar-refractivity contribution in [2.75, 3.05) is 32.8 Å². The van der Waals surface area contributed by atoms with Gasteiger partial charge in [-0.05, 0) is 84.3 Å². The number of methoxy groups -OCH3 is 3. The summed E-state index contributed by atoms with van der Waals surface area (Å²) in [6, 6.07) is 27.9. The largest absolute Gasteiger partial charge is 0.497 e. The molecule has 0 bridgehead atoms. The molecule has 0 aliphatic carbocycles. The average molecular weight is 748 g/mol. The van der Waals surface area contributed by atoms with Crippen LogP contribution in [0, 0.1) is 5.92 Å². The lowest BCUT2D eigenvalue weighted by molar-refractivity contribution is -0.146. The summed E-state index contributed by atoms with van der Waals surface area (Å²) in [5.41, 5.74) is 1.23. The van der Waals surface area contributed by atoms with Crippen molar-refractivity contribution in [2.24, 2.45) is 5.92 Å². The number of ether oxygens (including phenoxy) is 4. The second kappa shape index (κ2) is 14.4. The molecule has 4 heterocycles. The maximum absolute atomic E-state index is 15.3. The van der Waals surface area contributed by atoms with Gasteiger partial charge in [-0.15, -0.1) is 0 Å². The van der Waals surface area contributed by atoms with E-state index in [0.29, 0.717) is 29.0 Å². The van der Waals surface area contributed by atoms with Crippen LogP contribution in [-0.2, 0) is 21.7 Å². The van der Waals surface area contributed by atoms with Crippen molar-refractivity contribution in [3.63, 3.8) is 0 Å². The molecule has 1 spiro atoms. The van der Waals surface area contributed by atoms with E-state index in [1.54, 1.807) is 48.7 Å². The van der Waals surface area contributed by atoms with Crippen molar-refractivity contribution in [2.45, 2.75) is 50.2 Å². The Hall–Kier alpha value is -5.43. The molecular weight excluding hydrogens is 703 g/mol. The molecule has 5 aromatic rings. The van der Waals surface area contributed by atoms with Gasteiger partial charge in [-0.3, -0.25) is 23.5 Å². The van der Waals surface area contributed by atoms with Crippen LogP contribution in [0.2, 0.25) is 18.6 Å². The number of pyridine rings is 2. The van der Waals surface area contributed by atoms with E-state index in [1.165, 1.54) is 28.5 Å². The van der Waals surface area contributed by atoms with Crippen LogP contribution < -0.4 is 35.4 Å². The molecule has 54 heavy (non-hydrogen) atoms. The van der Waals surface area contributed by atoms with E-state index in [-0.39, 0.29) is 53.1 Å². The molecule has 280 valence electrons. The summed E-state index contributed by atoms with van der Waals surface area (Å²) in [5.74, 6) is 0.655. The molecule has 2 aliphatic rings. The first-order valence-corrected chi connectivity index (χ1v) is 21.1. The summed E-state index contributed by atoms with van der Waals surface area (Å²) < 4.78 is 26.2. The number of hydrogen-bond acceptors (Lipinski definition) is 8. The lowest BCUT2D eigenvalue weighted by Crippen LogP contribution is -2.51. The summed E-state index contributed by atoms with van der Waals surface area (Å²) in [6.07, 6.45) is 3.30. The van der Waals surface area contributed by atoms with Gasteiger partial charge in [0.25, 0.3) is 17.0 Å². The SMILES string of the molecule is COc1ccc([Si](C)(C)[C@@H]2[C@@H](CCO)O[C@]3(C(=O)N(Cc4cccc(-n5cccc(OC)c5=O)c4)c4ccc(-n5cccc(OC)c5=O)cc43)[C@H]2C)cc1. The van der Waals surface area contributed by atoms with Gasteiger partial charge in [-0.1, -0.05) is 49.5 Å². The second-order valence-electron chi connectivity index (χ2n) is 14.4. The molecule has 0 unspecified atom stereocenters. The van der Waals surface area contributed by atoms with Crippen LogP contribution in [0.5, 0.6) is 17.2 Å². The molecule has 1 saturated heterocycles. The number of rotatable bonds is 11. The lowest BCUT2D eigenvalue weighted by Gasteiger charge is -2.37. The Morgan fingerprint density at radius 3 is 2.00 bits per heavy atom. The number of hydrogen-bond donors (Lipinski definition) is 1. The van der Waals surface area contributed by atoms with Crippen molar-refractivity contribution in [1.82, 2.24) is 9.13 Å². The van der Waals surface area contributed by atoms with E-state index in [1.807, 2.05) is 54.6 Å². The van der Waals surface area contributed by atoms with Crippen LogP contribution in [0.25, 0.3) is 11.4 Å². The number of aromatic nitrogens is 2. The predicted octanol–water partition coefficient (Wildman–Crippen LogP) is 5.16. The van der Waals surface area contributed by atoms with E-state index in [9.17, 15) is 14.7 Å². The van der Waals surface area contributed by atoms with E-state index in [4.69, 9.17) is 18.9 Å². The molecule has 11 nitrogen and oxygen atoms in total. The normalized spacial score (nSPS) is 20.7. The Morgan fingerprint density at radius 1 is 0.778 bits per heavy atom. The van der Waals surface area contributed by atoms with E-state index < -0.39 is 19.8 Å². The smallest absolute Gasteiger partial charge is 0.297 e. The quantitative estimate of drug-likeness (QED) is 0.184. The third-order valence-electron chi connectivity index (χ3n) is 11.3. The number of fused-ring (bicyclic) bond motifs is 2. The first-order chi connectivity index (χ1) is 26.0. The average Bonchev–Trinajstić information content (AvgIpc) is 3.61. The Bertz CT molecular complexity index is 2320. The Labute approximate surface area is 314 Å². The van der Waals surface area contributed by atoms with Crippen LogP contribution in [0.4, 0.5) is 5.69 Å². The number of benzene rings is 3. The Kier molecular flexibility index (Phi) is 9.86. The number of amides is 1. The first kappa shape index (κ1) is 36.9. The predicted molar refractivity (Wildman–Crippen MR) is 210 cm³/mol. The molecule has 2 aliphatic heterocycles. The summed E-state index contributed by atoms with van der Waals surface area (Å²) in [7, 11) is 2.14. The van der Waals surface area contributed by atoms with E-state index in [0.717, 1.165) is 11.3 Å². The van der Waals surface area contributed by atoms with Crippen LogP contribution in [0.3, 0.4) is 0 Å². The molecule has 0 saturated carbocycles. The van der Waals surface area contributed by atoms with Crippen molar-refractivity contribution >= 4 is 24.9 Å². The van der Waals surface area contributed by atoms with Crippen LogP contribution in [0.1, 0.15) is 24.5 Å². The van der Waals surface area contributed by atoms with Gasteiger partial charge in [0.2, 0.25) is 0 Å². The third kappa shape index (κ3) is 5.94. The Morgan fingerprint density at radius 2 is 1.41 bits per heavy atom. The number of aliphatic hydroxyl groups is 1. The van der Waals surface area contributed by atoms with Gasteiger partial charge in [0.1, 0.15) is 5.75 Å². The Balaban J connectivity index is 1.37. The molecule has 12 heteroatoms. The van der Waals surface area contributed by atoms with Crippen LogP contribution in [0.15, 0.2) is 113 Å². The second-order valence-corrected chi connectivity index (χ2v) is 19.1. The topological polar surface area (TPSA) is 121 Å². The molecule has 1 fully saturated rings. The standard InChI is InChI=1S/C42H45N3O8Si/c1-27-38(54(5,6)32-17-15-31(50-2)16-18-32)35(20-23-46)53-42(27)33-25-30(44-22-9-13-37(52-4)40(44)48)14-19-34(33)45(41(42)49)26-28-10-7-11-29(24-28)43-21-8-12-36(51-3)39(43)47/h7-19,21-22,24-25,27,35,38,46H,20,23,26H2,1-6H3/t27-,35+,38-,42+/m0/s1. The van der Waals surface area contributed by atoms with Gasteiger partial charge in [0.05, 0.1) is 47.7 Å². The minimum absolute atomic E-state index is 0.0683. The lowest BCUT2D eigenvalue weighted by atomic mass is 9.82. The van der Waals surface area contributed by atoms with Crippen LogP contribution in [-0.4, -0.2) is 62.3 Å². The van der Waals surface area contributed by atoms with Crippen molar-refractivity contribution in [3.8, 4) is 28.6 Å². The van der Waals surface area contributed by atoms with Gasteiger partial charge in [-0.2, -0.15) is 0 Å². The van der Waals surface area contributed by atoms with Crippen LogP contribution >= 0.6 is 0 Å². The fraction of sp³-hybridized carbons (Fsp3) is 0.310. The molecule has 0 radical (unpaired) electrons. The highest BCUT2D eigenvalue weighted by Crippen LogP contribution is 2.60. The summed E-state index contributed by atoms with van der Waals surface area (Å²) in [6.45, 7) is 6.77. The molecule has 3 aromatic carbocycles. The number of anilines is 1. The van der Waals surface area contributed by atoms with Crippen molar-refractivity contribution in [3.05, 3.63) is 135 Å². The van der Waals surface area contributed by atoms with Gasteiger partial charge >= 0.3 is 0 Å². The number of aliphatic hydroxyl groups excluding tert-OH is 1. The van der Waals surface area contributed by atoms with Gasteiger partial charge in [0, 0.05) is 41.9 Å². The fourth-order valence-electron chi connectivity index (χ4n) is 8.66. The number of carbonyl (C=O) groups is 1.